The summed E-state index contributed by atoms with van der Waals surface area (Å²) >= 11 is 0. The van der Waals surface area contributed by atoms with E-state index in [-0.39, 0.29) is 0 Å². The first-order valence-corrected chi connectivity index (χ1v) is 6.01. The van der Waals surface area contributed by atoms with Gasteiger partial charge in [-0.15, -0.1) is 0 Å². The molecule has 0 aromatic heterocycles. The maximum absolute atomic E-state index is 11.7. The Bertz CT molecular complexity index is 421. The Labute approximate surface area is 96.6 Å². The zero-order chi connectivity index (χ0) is 11.8. The quantitative estimate of drug-likeness (QED) is 0.628. The summed E-state index contributed by atoms with van der Waals surface area (Å²) in [4.78, 5) is 10.9. The summed E-state index contributed by atoms with van der Waals surface area (Å²) < 4.78 is 11.7. The fourth-order valence-electron chi connectivity index (χ4n) is 1.03. The molecule has 0 fully saturated rings. The first kappa shape index (κ1) is 12.4. The average molecular weight is 236 g/mol. The molecule has 0 heterocycles. The monoisotopic (exact) mass is 236 g/mol. The van der Waals surface area contributed by atoms with Gasteiger partial charge in [0.05, 0.1) is 10.8 Å². The third-order valence-corrected chi connectivity index (χ3v) is 3.03. The topological polar surface area (TPSA) is 54.4 Å². The molecule has 0 bridgehead atoms. The van der Waals surface area contributed by atoms with Gasteiger partial charge in [0, 0.05) is 16.7 Å². The minimum absolute atomic E-state index is 0.383. The lowest BCUT2D eigenvalue weighted by Gasteiger charge is -1.96. The fourth-order valence-corrected chi connectivity index (χ4v) is 1.97. The van der Waals surface area contributed by atoms with E-state index in [1.807, 2.05) is 18.2 Å². The lowest BCUT2D eigenvalue weighted by Crippen LogP contribution is -1.94. The van der Waals surface area contributed by atoms with Gasteiger partial charge in [0.15, 0.2) is 0 Å². The van der Waals surface area contributed by atoms with Gasteiger partial charge in [-0.3, -0.25) is 4.21 Å². The molecule has 1 rings (SSSR count). The largest absolute Gasteiger partial charge is 0.478 e. The van der Waals surface area contributed by atoms with Gasteiger partial charge in [0.25, 0.3) is 0 Å². The average Bonchev–Trinajstić information content (AvgIpc) is 2.29. The lowest BCUT2D eigenvalue weighted by atomic mass is 10.4. The van der Waals surface area contributed by atoms with Gasteiger partial charge >= 0.3 is 5.97 Å². The Morgan fingerprint density at radius 2 is 1.94 bits per heavy atom. The molecule has 16 heavy (non-hydrogen) atoms. The summed E-state index contributed by atoms with van der Waals surface area (Å²) in [7, 11) is -1.07. The van der Waals surface area contributed by atoms with E-state index in [1.54, 1.807) is 24.3 Å². The highest BCUT2D eigenvalue weighted by Crippen LogP contribution is 2.05. The van der Waals surface area contributed by atoms with E-state index in [0.717, 1.165) is 11.0 Å². The highest BCUT2D eigenvalue weighted by atomic mass is 32.2. The van der Waals surface area contributed by atoms with Crippen molar-refractivity contribution < 1.29 is 14.1 Å². The van der Waals surface area contributed by atoms with E-state index < -0.39 is 16.8 Å². The molecule has 0 saturated heterocycles. The molecule has 1 unspecified atom stereocenters. The van der Waals surface area contributed by atoms with Crippen molar-refractivity contribution in [2.24, 2.45) is 0 Å². The van der Waals surface area contributed by atoms with Gasteiger partial charge in [-0.25, -0.2) is 4.79 Å². The van der Waals surface area contributed by atoms with Crippen LogP contribution in [0.5, 0.6) is 0 Å². The number of aliphatic carboxylic acids is 1. The van der Waals surface area contributed by atoms with Crippen LogP contribution in [0.2, 0.25) is 0 Å². The van der Waals surface area contributed by atoms with Crippen LogP contribution in [0, 0.1) is 0 Å². The zero-order valence-electron chi connectivity index (χ0n) is 8.58. The van der Waals surface area contributed by atoms with E-state index in [1.165, 1.54) is 6.08 Å². The summed E-state index contributed by atoms with van der Waals surface area (Å²) in [5.74, 6) is -0.609. The van der Waals surface area contributed by atoms with Crippen LogP contribution in [0.25, 0.3) is 0 Å². The van der Waals surface area contributed by atoms with Crippen molar-refractivity contribution in [1.29, 1.82) is 0 Å². The zero-order valence-corrected chi connectivity index (χ0v) is 9.39. The maximum Gasteiger partial charge on any atom is 0.328 e. The van der Waals surface area contributed by atoms with Crippen LogP contribution in [0.1, 0.15) is 0 Å². The number of hydrogen-bond donors (Lipinski definition) is 1. The molecule has 0 aliphatic rings. The predicted molar refractivity (Wildman–Crippen MR) is 63.6 cm³/mol. The minimum Gasteiger partial charge on any atom is -0.478 e. The van der Waals surface area contributed by atoms with Crippen LogP contribution >= 0.6 is 0 Å². The van der Waals surface area contributed by atoms with Gasteiger partial charge < -0.3 is 5.11 Å². The second-order valence-corrected chi connectivity index (χ2v) is 4.45. The molecule has 0 radical (unpaired) electrons. The van der Waals surface area contributed by atoms with Crippen molar-refractivity contribution in [2.45, 2.75) is 4.90 Å². The third kappa shape index (κ3) is 4.70. The predicted octanol–water partition coefficient (Wildman–Crippen LogP) is 1.99. The van der Waals surface area contributed by atoms with Crippen LogP contribution in [-0.4, -0.2) is 21.0 Å². The first-order valence-electron chi connectivity index (χ1n) is 4.69. The Balaban J connectivity index is 2.45. The maximum atomic E-state index is 11.7. The highest BCUT2D eigenvalue weighted by Gasteiger charge is 1.98. The molecule has 4 heteroatoms. The van der Waals surface area contributed by atoms with Crippen molar-refractivity contribution in [2.75, 3.05) is 5.75 Å². The second kappa shape index (κ2) is 6.74. The first-order chi connectivity index (χ1) is 7.70. The van der Waals surface area contributed by atoms with Gasteiger partial charge in [-0.1, -0.05) is 36.4 Å². The Morgan fingerprint density at radius 3 is 2.56 bits per heavy atom. The molecule has 1 N–H and O–H groups in total. The molecular weight excluding hydrogens is 224 g/mol. The molecule has 0 aliphatic heterocycles. The van der Waals surface area contributed by atoms with E-state index in [4.69, 9.17) is 5.11 Å². The molecule has 84 valence electrons. The molecule has 1 atom stereocenters. The summed E-state index contributed by atoms with van der Waals surface area (Å²) in [6.45, 7) is 0. The lowest BCUT2D eigenvalue weighted by molar-refractivity contribution is -0.131. The fraction of sp³-hybridized carbons (Fsp3) is 0.0833. The molecule has 0 saturated carbocycles. The van der Waals surface area contributed by atoms with Gasteiger partial charge in [-0.2, -0.15) is 0 Å². The van der Waals surface area contributed by atoms with E-state index in [9.17, 15) is 9.00 Å². The SMILES string of the molecule is O=C(O)C=CC=CCS(=O)c1ccccc1. The van der Waals surface area contributed by atoms with Gasteiger partial charge in [0.1, 0.15) is 0 Å². The number of rotatable bonds is 5. The van der Waals surface area contributed by atoms with E-state index in [2.05, 4.69) is 0 Å². The highest BCUT2D eigenvalue weighted by molar-refractivity contribution is 7.85. The van der Waals surface area contributed by atoms with Crippen LogP contribution in [0.15, 0.2) is 59.5 Å². The normalized spacial score (nSPS) is 13.2. The summed E-state index contributed by atoms with van der Waals surface area (Å²) in [6.07, 6.45) is 5.70. The standard InChI is InChI=1S/C12H12O3S/c13-12(14)9-5-2-6-10-16(15)11-7-3-1-4-8-11/h1-9H,10H2,(H,13,14). The number of carbonyl (C=O) groups is 1. The molecule has 0 amide bonds. The molecule has 1 aromatic rings. The summed E-state index contributed by atoms with van der Waals surface area (Å²) in [5, 5.41) is 8.32. The van der Waals surface area contributed by atoms with Crippen molar-refractivity contribution in [3.05, 3.63) is 54.6 Å². The summed E-state index contributed by atoms with van der Waals surface area (Å²) in [6, 6.07) is 9.14. The van der Waals surface area contributed by atoms with Crippen LogP contribution in [0.4, 0.5) is 0 Å². The van der Waals surface area contributed by atoms with E-state index >= 15 is 0 Å². The van der Waals surface area contributed by atoms with E-state index in [0.29, 0.717) is 5.75 Å². The number of carboxylic acids is 1. The third-order valence-electron chi connectivity index (χ3n) is 1.74. The molecule has 0 spiro atoms. The number of carboxylic acid groups (broad SMARTS) is 1. The van der Waals surface area contributed by atoms with Crippen molar-refractivity contribution in [3.63, 3.8) is 0 Å². The Kier molecular flexibility index (Phi) is 5.22. The Morgan fingerprint density at radius 1 is 1.25 bits per heavy atom. The number of benzene rings is 1. The van der Waals surface area contributed by atoms with Crippen LogP contribution in [-0.2, 0) is 15.6 Å². The van der Waals surface area contributed by atoms with Crippen molar-refractivity contribution in [1.82, 2.24) is 0 Å². The molecule has 0 aliphatic carbocycles. The number of allylic oxidation sites excluding steroid dienone is 2. The summed E-state index contributed by atoms with van der Waals surface area (Å²) in [5.41, 5.74) is 0. The minimum atomic E-state index is -1.07. The smallest absolute Gasteiger partial charge is 0.328 e. The van der Waals surface area contributed by atoms with Crippen molar-refractivity contribution in [3.8, 4) is 0 Å². The molecule has 1 aromatic carbocycles. The van der Waals surface area contributed by atoms with Crippen LogP contribution in [0.3, 0.4) is 0 Å². The number of hydrogen-bond acceptors (Lipinski definition) is 2. The van der Waals surface area contributed by atoms with Gasteiger partial charge in [-0.05, 0) is 12.1 Å². The van der Waals surface area contributed by atoms with Crippen LogP contribution < -0.4 is 0 Å². The van der Waals surface area contributed by atoms with Crippen molar-refractivity contribution >= 4 is 16.8 Å². The van der Waals surface area contributed by atoms with Gasteiger partial charge in [0.2, 0.25) is 0 Å². The molecular formula is C12H12O3S. The second-order valence-electron chi connectivity index (χ2n) is 2.95. The molecule has 3 nitrogen and oxygen atoms in total. The Hall–Kier alpha value is -1.68.